The van der Waals surface area contributed by atoms with Gasteiger partial charge >= 0.3 is 0 Å². The summed E-state index contributed by atoms with van der Waals surface area (Å²) in [6.45, 7) is -0.0665. The molecule has 0 spiro atoms. The quantitative estimate of drug-likeness (QED) is 0.677. The number of aliphatic hydroxyl groups excluding tert-OH is 2. The van der Waals surface area contributed by atoms with Crippen molar-refractivity contribution >= 4 is 22.9 Å². The van der Waals surface area contributed by atoms with Crippen molar-refractivity contribution in [3.8, 4) is 0 Å². The van der Waals surface area contributed by atoms with Crippen molar-refractivity contribution in [2.45, 2.75) is 23.1 Å². The van der Waals surface area contributed by atoms with Crippen LogP contribution in [0.25, 0.3) is 11.2 Å². The van der Waals surface area contributed by atoms with Gasteiger partial charge in [-0.05, 0) is 0 Å². The summed E-state index contributed by atoms with van der Waals surface area (Å²) in [4.78, 5) is 22.1. The lowest BCUT2D eigenvalue weighted by Gasteiger charge is -2.11. The zero-order valence-electron chi connectivity index (χ0n) is 9.35. The highest BCUT2D eigenvalue weighted by Gasteiger charge is 2.35. The van der Waals surface area contributed by atoms with Crippen LogP contribution >= 0.6 is 11.8 Å². The van der Waals surface area contributed by atoms with Gasteiger partial charge in [-0.25, -0.2) is 9.97 Å². The van der Waals surface area contributed by atoms with E-state index in [0.717, 1.165) is 0 Å². The number of rotatable bonds is 2. The zero-order chi connectivity index (χ0) is 12.7. The monoisotopic (exact) mass is 268 g/mol. The molecule has 3 N–H and O–H groups in total. The normalized spacial score (nSPS) is 28.0. The van der Waals surface area contributed by atoms with Gasteiger partial charge < -0.3 is 19.8 Å². The summed E-state index contributed by atoms with van der Waals surface area (Å²) in [5.41, 5.74) is 0.517. The molecule has 1 aliphatic rings. The molecular weight excluding hydrogens is 256 g/mol. The molecule has 18 heavy (non-hydrogen) atoms. The van der Waals surface area contributed by atoms with Crippen LogP contribution in [-0.2, 0) is 0 Å². The van der Waals surface area contributed by atoms with Gasteiger partial charge in [0, 0.05) is 6.42 Å². The molecule has 0 aromatic carbocycles. The van der Waals surface area contributed by atoms with Crippen LogP contribution in [0.1, 0.15) is 11.8 Å². The van der Waals surface area contributed by atoms with E-state index in [1.807, 2.05) is 0 Å². The van der Waals surface area contributed by atoms with Gasteiger partial charge in [-0.2, -0.15) is 0 Å². The van der Waals surface area contributed by atoms with Crippen LogP contribution in [0.2, 0.25) is 0 Å². The molecule has 1 fully saturated rings. The minimum atomic E-state index is -0.551. The molecule has 0 radical (unpaired) electrons. The van der Waals surface area contributed by atoms with Crippen molar-refractivity contribution in [1.29, 1.82) is 0 Å². The first-order valence-electron chi connectivity index (χ1n) is 5.55. The van der Waals surface area contributed by atoms with Gasteiger partial charge in [0.2, 0.25) is 0 Å². The van der Waals surface area contributed by atoms with Crippen molar-refractivity contribution in [3.63, 3.8) is 0 Å². The number of thioether (sulfide) groups is 1. The van der Waals surface area contributed by atoms with Gasteiger partial charge in [-0.3, -0.25) is 4.79 Å². The van der Waals surface area contributed by atoms with E-state index in [9.17, 15) is 9.90 Å². The molecule has 2 aromatic heterocycles. The van der Waals surface area contributed by atoms with E-state index in [0.29, 0.717) is 17.6 Å². The highest BCUT2D eigenvalue weighted by Crippen LogP contribution is 2.42. The van der Waals surface area contributed by atoms with Crippen LogP contribution in [0.5, 0.6) is 0 Å². The summed E-state index contributed by atoms with van der Waals surface area (Å²) in [6, 6.07) is 0. The Labute approximate surface area is 106 Å². The molecular formula is C10H12N4O3S. The standard InChI is InChI=1S/C10H12N4O3S/c15-2-6-5(16)1-7(18-6)14-4-13-8-9(14)11-3-12-10(8)17/h3-7,15-16H,1-2H2,(H,11,12,17)/t5-,6+,7+/m0/s1. The number of hydrogen-bond donors (Lipinski definition) is 3. The number of fused-ring (bicyclic) bond motifs is 1. The molecule has 0 bridgehead atoms. The second-order valence-corrected chi connectivity index (χ2v) is 5.59. The molecule has 3 atom stereocenters. The van der Waals surface area contributed by atoms with E-state index in [-0.39, 0.29) is 22.8 Å². The second-order valence-electron chi connectivity index (χ2n) is 4.17. The lowest BCUT2D eigenvalue weighted by Crippen LogP contribution is -2.20. The van der Waals surface area contributed by atoms with E-state index in [4.69, 9.17) is 5.11 Å². The fraction of sp³-hybridized carbons (Fsp3) is 0.500. The summed E-state index contributed by atoms with van der Waals surface area (Å²) in [5, 5.41) is 18.7. The fourth-order valence-corrected chi connectivity index (χ4v) is 3.50. The minimum Gasteiger partial charge on any atom is -0.395 e. The van der Waals surface area contributed by atoms with Crippen LogP contribution < -0.4 is 5.56 Å². The van der Waals surface area contributed by atoms with Crippen molar-refractivity contribution in [3.05, 3.63) is 23.0 Å². The largest absolute Gasteiger partial charge is 0.395 e. The van der Waals surface area contributed by atoms with E-state index < -0.39 is 6.10 Å². The highest BCUT2D eigenvalue weighted by atomic mass is 32.2. The highest BCUT2D eigenvalue weighted by molar-refractivity contribution is 8.00. The van der Waals surface area contributed by atoms with Crippen LogP contribution in [0.4, 0.5) is 0 Å². The van der Waals surface area contributed by atoms with Gasteiger partial charge in [0.15, 0.2) is 11.2 Å². The molecule has 2 aromatic rings. The predicted molar refractivity (Wildman–Crippen MR) is 66.3 cm³/mol. The van der Waals surface area contributed by atoms with Crippen LogP contribution in [-0.4, -0.2) is 47.7 Å². The van der Waals surface area contributed by atoms with Gasteiger partial charge in [0.25, 0.3) is 5.56 Å². The number of aromatic amines is 1. The number of imidazole rings is 1. The zero-order valence-corrected chi connectivity index (χ0v) is 10.2. The average Bonchev–Trinajstić information content (AvgIpc) is 2.93. The Balaban J connectivity index is 2.01. The average molecular weight is 268 g/mol. The Bertz CT molecular complexity index is 625. The molecule has 8 heteroatoms. The third-order valence-electron chi connectivity index (χ3n) is 3.06. The molecule has 3 heterocycles. The van der Waals surface area contributed by atoms with Gasteiger partial charge in [0.05, 0.1) is 36.0 Å². The maximum atomic E-state index is 11.5. The molecule has 1 aliphatic heterocycles. The Morgan fingerprint density at radius 3 is 3.11 bits per heavy atom. The second kappa shape index (κ2) is 4.38. The Hall–Kier alpha value is -1.38. The number of nitrogens with zero attached hydrogens (tertiary/aromatic N) is 3. The Kier molecular flexibility index (Phi) is 2.84. The van der Waals surface area contributed by atoms with E-state index in [2.05, 4.69) is 15.0 Å². The summed E-state index contributed by atoms with van der Waals surface area (Å²) in [7, 11) is 0. The molecule has 96 valence electrons. The maximum Gasteiger partial charge on any atom is 0.278 e. The van der Waals surface area contributed by atoms with Gasteiger partial charge in [-0.1, -0.05) is 0 Å². The van der Waals surface area contributed by atoms with Crippen molar-refractivity contribution in [2.75, 3.05) is 6.61 Å². The summed E-state index contributed by atoms with van der Waals surface area (Å²) >= 11 is 1.47. The Morgan fingerprint density at radius 2 is 2.39 bits per heavy atom. The topological polar surface area (TPSA) is 104 Å². The number of aliphatic hydroxyl groups is 2. The number of aromatic nitrogens is 4. The van der Waals surface area contributed by atoms with Crippen LogP contribution in [0.15, 0.2) is 17.4 Å². The Morgan fingerprint density at radius 1 is 1.56 bits per heavy atom. The van der Waals surface area contributed by atoms with Gasteiger partial charge in [-0.15, -0.1) is 11.8 Å². The first-order valence-corrected chi connectivity index (χ1v) is 6.49. The predicted octanol–water partition coefficient (Wildman–Crippen LogP) is -0.523. The van der Waals surface area contributed by atoms with E-state index >= 15 is 0 Å². The number of H-pyrrole nitrogens is 1. The van der Waals surface area contributed by atoms with E-state index in [1.54, 1.807) is 10.9 Å². The van der Waals surface area contributed by atoms with E-state index in [1.165, 1.54) is 18.1 Å². The smallest absolute Gasteiger partial charge is 0.278 e. The molecule has 0 unspecified atom stereocenters. The lowest BCUT2D eigenvalue weighted by molar-refractivity contribution is 0.138. The third-order valence-corrected chi connectivity index (χ3v) is 4.61. The summed E-state index contributed by atoms with van der Waals surface area (Å²) < 4.78 is 1.77. The first-order chi connectivity index (χ1) is 8.70. The fourth-order valence-electron chi connectivity index (χ4n) is 2.12. The molecule has 0 aliphatic carbocycles. The van der Waals surface area contributed by atoms with Crippen molar-refractivity contribution in [2.24, 2.45) is 0 Å². The van der Waals surface area contributed by atoms with Crippen molar-refractivity contribution in [1.82, 2.24) is 19.5 Å². The summed E-state index contributed by atoms with van der Waals surface area (Å²) in [6.07, 6.45) is 2.85. The van der Waals surface area contributed by atoms with Crippen LogP contribution in [0.3, 0.4) is 0 Å². The molecule has 7 nitrogen and oxygen atoms in total. The first kappa shape index (κ1) is 11.7. The molecule has 3 rings (SSSR count). The van der Waals surface area contributed by atoms with Gasteiger partial charge in [0.1, 0.15) is 0 Å². The SMILES string of the molecule is O=c1[nH]cnc2c1ncn2[C@H]1C[C@H](O)[C@@H](CO)S1. The number of hydrogen-bond acceptors (Lipinski definition) is 6. The van der Waals surface area contributed by atoms with Crippen LogP contribution in [0, 0.1) is 0 Å². The minimum absolute atomic E-state index is 0.0588. The number of nitrogens with one attached hydrogen (secondary N) is 1. The molecule has 0 saturated carbocycles. The van der Waals surface area contributed by atoms with Crippen molar-refractivity contribution < 1.29 is 10.2 Å². The maximum absolute atomic E-state index is 11.5. The lowest BCUT2D eigenvalue weighted by atomic mass is 10.2. The summed E-state index contributed by atoms with van der Waals surface area (Å²) in [5.74, 6) is 0. The molecule has 1 saturated heterocycles. The molecule has 0 amide bonds. The third kappa shape index (κ3) is 1.73.